The third-order valence-electron chi connectivity index (χ3n) is 4.29. The van der Waals surface area contributed by atoms with Gasteiger partial charge in [0.1, 0.15) is 5.60 Å². The van der Waals surface area contributed by atoms with Gasteiger partial charge >= 0.3 is 0 Å². The molecule has 0 fully saturated rings. The lowest BCUT2D eigenvalue weighted by Gasteiger charge is -2.22. The molecule has 23 heavy (non-hydrogen) atoms. The smallest absolute Gasteiger partial charge is 0.240 e. The summed E-state index contributed by atoms with van der Waals surface area (Å²) in [6, 6.07) is 8.99. The number of rotatable bonds is 5. The molecular formula is C17H21NO3S2. The normalized spacial score (nSPS) is 17.5. The number of sulfonamides is 1. The van der Waals surface area contributed by atoms with E-state index in [4.69, 9.17) is 0 Å². The molecule has 4 nitrogen and oxygen atoms in total. The molecule has 6 heteroatoms. The summed E-state index contributed by atoms with van der Waals surface area (Å²) in [6.07, 6.45) is 4.24. The Kier molecular flexibility index (Phi) is 4.60. The van der Waals surface area contributed by atoms with Crippen molar-refractivity contribution in [1.82, 2.24) is 4.72 Å². The number of aryl methyl sites for hydroxylation is 2. The summed E-state index contributed by atoms with van der Waals surface area (Å²) in [5.41, 5.74) is 1.17. The van der Waals surface area contributed by atoms with Crippen LogP contribution in [0.4, 0.5) is 0 Å². The highest BCUT2D eigenvalue weighted by atomic mass is 32.2. The molecule has 2 aromatic rings. The molecule has 0 saturated carbocycles. The van der Waals surface area contributed by atoms with Gasteiger partial charge in [0.05, 0.1) is 4.90 Å². The Morgan fingerprint density at radius 2 is 1.96 bits per heavy atom. The van der Waals surface area contributed by atoms with Gasteiger partial charge in [-0.25, -0.2) is 13.1 Å². The highest BCUT2D eigenvalue weighted by Crippen LogP contribution is 2.26. The van der Waals surface area contributed by atoms with E-state index in [-0.39, 0.29) is 11.4 Å². The van der Waals surface area contributed by atoms with Gasteiger partial charge in [0.15, 0.2) is 0 Å². The molecule has 1 aliphatic rings. The fraction of sp³-hybridized carbons (Fsp3) is 0.412. The number of benzene rings is 1. The van der Waals surface area contributed by atoms with Crippen molar-refractivity contribution in [2.24, 2.45) is 0 Å². The van der Waals surface area contributed by atoms with Crippen LogP contribution >= 0.6 is 11.3 Å². The highest BCUT2D eigenvalue weighted by molar-refractivity contribution is 7.89. The van der Waals surface area contributed by atoms with Gasteiger partial charge in [-0.1, -0.05) is 12.1 Å². The average Bonchev–Trinajstić information content (AvgIpc) is 3.08. The molecule has 0 spiro atoms. The van der Waals surface area contributed by atoms with Crippen molar-refractivity contribution in [2.45, 2.75) is 43.1 Å². The van der Waals surface area contributed by atoms with E-state index in [1.165, 1.54) is 23.3 Å². The Labute approximate surface area is 141 Å². The summed E-state index contributed by atoms with van der Waals surface area (Å²) in [6.45, 7) is 1.57. The van der Waals surface area contributed by atoms with Crippen molar-refractivity contribution in [3.05, 3.63) is 51.7 Å². The predicted molar refractivity (Wildman–Crippen MR) is 92.2 cm³/mol. The summed E-state index contributed by atoms with van der Waals surface area (Å²) in [4.78, 5) is 1.02. The first-order valence-corrected chi connectivity index (χ1v) is 10.1. The Bertz CT molecular complexity index is 780. The van der Waals surface area contributed by atoms with E-state index in [0.717, 1.165) is 29.7 Å². The number of aliphatic hydroxyl groups is 1. The second-order valence-corrected chi connectivity index (χ2v) is 8.93. The van der Waals surface area contributed by atoms with Crippen molar-refractivity contribution in [3.8, 4) is 0 Å². The van der Waals surface area contributed by atoms with Gasteiger partial charge in [-0.3, -0.25) is 0 Å². The molecule has 1 aromatic heterocycles. The van der Waals surface area contributed by atoms with Gasteiger partial charge in [0.2, 0.25) is 10.0 Å². The van der Waals surface area contributed by atoms with Crippen LogP contribution in [0, 0.1) is 0 Å². The zero-order valence-electron chi connectivity index (χ0n) is 13.1. The van der Waals surface area contributed by atoms with Crippen molar-refractivity contribution < 1.29 is 13.5 Å². The van der Waals surface area contributed by atoms with Crippen LogP contribution in [0.15, 0.2) is 40.6 Å². The summed E-state index contributed by atoms with van der Waals surface area (Å²) >= 11 is 1.41. The van der Waals surface area contributed by atoms with Crippen LogP contribution in [-0.2, 0) is 28.5 Å². The molecular weight excluding hydrogens is 330 g/mol. The minimum atomic E-state index is -3.62. The molecule has 124 valence electrons. The topological polar surface area (TPSA) is 66.4 Å². The Balaban J connectivity index is 1.77. The molecule has 1 atom stereocenters. The minimum Gasteiger partial charge on any atom is -0.383 e. The molecule has 0 bridgehead atoms. The minimum absolute atomic E-state index is 0.0487. The van der Waals surface area contributed by atoms with E-state index in [2.05, 4.69) is 4.72 Å². The molecule has 1 aliphatic carbocycles. The fourth-order valence-electron chi connectivity index (χ4n) is 2.87. The maximum absolute atomic E-state index is 12.5. The highest BCUT2D eigenvalue weighted by Gasteiger charge is 2.27. The Morgan fingerprint density at radius 1 is 1.22 bits per heavy atom. The maximum Gasteiger partial charge on any atom is 0.240 e. The molecule has 0 unspecified atom stereocenters. The van der Waals surface area contributed by atoms with Gasteiger partial charge in [0, 0.05) is 11.4 Å². The van der Waals surface area contributed by atoms with Crippen LogP contribution in [0.2, 0.25) is 0 Å². The van der Waals surface area contributed by atoms with E-state index in [9.17, 15) is 13.5 Å². The lowest BCUT2D eigenvalue weighted by Crippen LogP contribution is -2.38. The third kappa shape index (κ3) is 3.66. The van der Waals surface area contributed by atoms with Gasteiger partial charge in [0.25, 0.3) is 0 Å². The zero-order valence-corrected chi connectivity index (χ0v) is 14.7. The second kappa shape index (κ2) is 6.36. The number of thiophene rings is 1. The monoisotopic (exact) mass is 351 g/mol. The van der Waals surface area contributed by atoms with E-state index in [1.54, 1.807) is 25.1 Å². The fourth-order valence-corrected chi connectivity index (χ4v) is 4.84. The van der Waals surface area contributed by atoms with Crippen LogP contribution < -0.4 is 4.72 Å². The quantitative estimate of drug-likeness (QED) is 0.870. The number of hydrogen-bond donors (Lipinski definition) is 2. The van der Waals surface area contributed by atoms with Crippen LogP contribution in [0.5, 0.6) is 0 Å². The maximum atomic E-state index is 12.5. The van der Waals surface area contributed by atoms with Gasteiger partial charge < -0.3 is 5.11 Å². The lowest BCUT2D eigenvalue weighted by molar-refractivity contribution is 0.0666. The summed E-state index contributed by atoms with van der Waals surface area (Å²) in [7, 11) is -3.62. The van der Waals surface area contributed by atoms with Crippen molar-refractivity contribution >= 4 is 21.4 Å². The largest absolute Gasteiger partial charge is 0.383 e. The van der Waals surface area contributed by atoms with Crippen LogP contribution in [0.3, 0.4) is 0 Å². The molecule has 0 amide bonds. The second-order valence-electron chi connectivity index (χ2n) is 6.21. The van der Waals surface area contributed by atoms with Gasteiger partial charge in [-0.2, -0.15) is 0 Å². The first kappa shape index (κ1) is 16.6. The Morgan fingerprint density at radius 3 is 2.65 bits per heavy atom. The Hall–Kier alpha value is -1.21. The summed E-state index contributed by atoms with van der Waals surface area (Å²) in [5, 5.41) is 12.3. The van der Waals surface area contributed by atoms with E-state index in [1.807, 2.05) is 17.5 Å². The molecule has 1 heterocycles. The molecule has 3 rings (SSSR count). The molecule has 0 aliphatic heterocycles. The number of hydrogen-bond acceptors (Lipinski definition) is 4. The lowest BCUT2D eigenvalue weighted by atomic mass is 9.92. The van der Waals surface area contributed by atoms with E-state index >= 15 is 0 Å². The molecule has 0 saturated heterocycles. The first-order valence-electron chi connectivity index (χ1n) is 7.76. The molecule has 2 N–H and O–H groups in total. The standard InChI is InChI=1S/C17H21NO3S2/c1-17(19,16-7-4-10-22-16)12-18-23(20,21)15-9-8-13-5-2-3-6-14(13)11-15/h4,7-11,18-19H,2-3,5-6,12H2,1H3/t17-/m0/s1. The van der Waals surface area contributed by atoms with E-state index in [0.29, 0.717) is 0 Å². The SMILES string of the molecule is C[C@](O)(CNS(=O)(=O)c1ccc2c(c1)CCCC2)c1cccs1. The number of nitrogens with one attached hydrogen (secondary N) is 1. The zero-order chi connectivity index (χ0) is 16.5. The summed E-state index contributed by atoms with van der Waals surface area (Å²) in [5.74, 6) is 0. The average molecular weight is 351 g/mol. The van der Waals surface area contributed by atoms with Crippen LogP contribution in [-0.4, -0.2) is 20.1 Å². The first-order chi connectivity index (χ1) is 10.9. The molecule has 0 radical (unpaired) electrons. The van der Waals surface area contributed by atoms with Crippen molar-refractivity contribution in [2.75, 3.05) is 6.54 Å². The van der Waals surface area contributed by atoms with Crippen LogP contribution in [0.1, 0.15) is 35.8 Å². The molecule has 1 aromatic carbocycles. The number of fused-ring (bicyclic) bond motifs is 1. The van der Waals surface area contributed by atoms with Gasteiger partial charge in [-0.05, 0) is 67.3 Å². The summed E-state index contributed by atoms with van der Waals surface area (Å²) < 4.78 is 27.6. The van der Waals surface area contributed by atoms with Crippen LogP contribution in [0.25, 0.3) is 0 Å². The van der Waals surface area contributed by atoms with Crippen molar-refractivity contribution in [1.29, 1.82) is 0 Å². The third-order valence-corrected chi connectivity index (χ3v) is 6.81. The van der Waals surface area contributed by atoms with E-state index < -0.39 is 15.6 Å². The van der Waals surface area contributed by atoms with Gasteiger partial charge in [-0.15, -0.1) is 11.3 Å². The van der Waals surface area contributed by atoms with Crippen molar-refractivity contribution in [3.63, 3.8) is 0 Å². The predicted octanol–water partition coefficient (Wildman–Crippen LogP) is 2.81.